The number of halogens is 2. The molecule has 3 rings (SSSR count). The summed E-state index contributed by atoms with van der Waals surface area (Å²) in [7, 11) is 0. The van der Waals surface area contributed by atoms with Crippen LogP contribution in [-0.4, -0.2) is 27.8 Å². The molecule has 2 aromatic carbocycles. The molecule has 0 atom stereocenters. The first-order valence-electron chi connectivity index (χ1n) is 7.57. The molecule has 1 aromatic heterocycles. The number of H-pyrrole nitrogens is 1. The molecule has 0 aliphatic heterocycles. The second-order valence-electron chi connectivity index (χ2n) is 5.24. The van der Waals surface area contributed by atoms with E-state index in [0.29, 0.717) is 17.8 Å². The van der Waals surface area contributed by atoms with Gasteiger partial charge in [0.25, 0.3) is 0 Å². The number of amides is 2. The van der Waals surface area contributed by atoms with Gasteiger partial charge in [-0.25, -0.2) is 18.6 Å². The number of hydrogen-bond acceptors (Lipinski definition) is 3. The van der Waals surface area contributed by atoms with E-state index in [1.54, 1.807) is 30.3 Å². The molecule has 25 heavy (non-hydrogen) atoms. The molecule has 0 bridgehead atoms. The van der Waals surface area contributed by atoms with E-state index >= 15 is 0 Å². The molecule has 3 aromatic rings. The lowest BCUT2D eigenvalue weighted by atomic mass is 10.0. The van der Waals surface area contributed by atoms with Crippen LogP contribution in [-0.2, 0) is 6.42 Å². The molecule has 0 saturated heterocycles. The lowest BCUT2D eigenvalue weighted by molar-refractivity contribution is 0.252. The fraction of sp³-hybridized carbons (Fsp3) is 0.118. The zero-order valence-corrected chi connectivity index (χ0v) is 13.1. The van der Waals surface area contributed by atoms with Gasteiger partial charge in [-0.05, 0) is 11.6 Å². The Morgan fingerprint density at radius 2 is 1.96 bits per heavy atom. The summed E-state index contributed by atoms with van der Waals surface area (Å²) in [5, 5.41) is 11.4. The van der Waals surface area contributed by atoms with Crippen LogP contribution in [0.25, 0.3) is 11.1 Å². The zero-order chi connectivity index (χ0) is 17.6. The second kappa shape index (κ2) is 7.52. The van der Waals surface area contributed by atoms with Crippen molar-refractivity contribution in [1.29, 1.82) is 0 Å². The Kier molecular flexibility index (Phi) is 4.98. The SMILES string of the molecule is O=C(NCCc1ncn[nH]1)Nc1c(F)cc(F)cc1-c1ccccc1. The minimum Gasteiger partial charge on any atom is -0.337 e. The number of aromatic nitrogens is 3. The average Bonchev–Trinajstić information content (AvgIpc) is 3.11. The average molecular weight is 343 g/mol. The largest absolute Gasteiger partial charge is 0.337 e. The molecular formula is C17H15F2N5O. The minimum absolute atomic E-state index is 0.0789. The molecule has 1 heterocycles. The number of anilines is 1. The predicted octanol–water partition coefficient (Wildman–Crippen LogP) is 3.11. The molecule has 0 aliphatic rings. The van der Waals surface area contributed by atoms with Crippen molar-refractivity contribution in [2.45, 2.75) is 6.42 Å². The van der Waals surface area contributed by atoms with Crippen LogP contribution in [0.5, 0.6) is 0 Å². The molecule has 0 unspecified atom stereocenters. The Labute approximate surface area is 142 Å². The summed E-state index contributed by atoms with van der Waals surface area (Å²) in [6.45, 7) is 0.282. The molecule has 0 radical (unpaired) electrons. The molecule has 3 N–H and O–H groups in total. The van der Waals surface area contributed by atoms with E-state index in [1.807, 2.05) is 0 Å². The first kappa shape index (κ1) is 16.6. The van der Waals surface area contributed by atoms with Gasteiger partial charge in [0.1, 0.15) is 23.8 Å². The summed E-state index contributed by atoms with van der Waals surface area (Å²) in [6, 6.07) is 10.0. The summed E-state index contributed by atoms with van der Waals surface area (Å²) in [5.41, 5.74) is 0.783. The molecular weight excluding hydrogens is 328 g/mol. The summed E-state index contributed by atoms with van der Waals surface area (Å²) < 4.78 is 27.8. The lowest BCUT2D eigenvalue weighted by Crippen LogP contribution is -2.31. The van der Waals surface area contributed by atoms with Crippen LogP contribution in [0.15, 0.2) is 48.8 Å². The van der Waals surface area contributed by atoms with Gasteiger partial charge in [0.2, 0.25) is 0 Å². The van der Waals surface area contributed by atoms with Crippen molar-refractivity contribution in [1.82, 2.24) is 20.5 Å². The normalized spacial score (nSPS) is 10.5. The van der Waals surface area contributed by atoms with Crippen LogP contribution in [0.2, 0.25) is 0 Å². The monoisotopic (exact) mass is 343 g/mol. The van der Waals surface area contributed by atoms with Gasteiger partial charge >= 0.3 is 6.03 Å². The minimum atomic E-state index is -0.843. The molecule has 8 heteroatoms. The van der Waals surface area contributed by atoms with E-state index in [4.69, 9.17) is 0 Å². The number of urea groups is 1. The number of hydrogen-bond donors (Lipinski definition) is 3. The summed E-state index contributed by atoms with van der Waals surface area (Å²) in [6.07, 6.45) is 1.82. The number of nitrogens with zero attached hydrogens (tertiary/aromatic N) is 2. The topological polar surface area (TPSA) is 82.7 Å². The smallest absolute Gasteiger partial charge is 0.319 e. The van der Waals surface area contributed by atoms with E-state index in [1.165, 1.54) is 12.4 Å². The fourth-order valence-corrected chi connectivity index (χ4v) is 2.35. The molecule has 0 saturated carbocycles. The standard InChI is InChI=1S/C17H15F2N5O/c18-12-8-13(11-4-2-1-3-5-11)16(14(19)9-12)23-17(25)20-7-6-15-21-10-22-24-15/h1-5,8-10H,6-7H2,(H2,20,23,25)(H,21,22,24). The van der Waals surface area contributed by atoms with Gasteiger partial charge < -0.3 is 10.6 Å². The van der Waals surface area contributed by atoms with Crippen molar-refractivity contribution < 1.29 is 13.6 Å². The lowest BCUT2D eigenvalue weighted by Gasteiger charge is -2.13. The quantitative estimate of drug-likeness (QED) is 0.666. The van der Waals surface area contributed by atoms with Crippen LogP contribution >= 0.6 is 0 Å². The first-order valence-corrected chi connectivity index (χ1v) is 7.57. The number of carbonyl (C=O) groups is 1. The van der Waals surface area contributed by atoms with Gasteiger partial charge in [-0.1, -0.05) is 30.3 Å². The Balaban J connectivity index is 1.74. The summed E-state index contributed by atoms with van der Waals surface area (Å²) in [4.78, 5) is 16.0. The Bertz CT molecular complexity index is 853. The van der Waals surface area contributed by atoms with E-state index in [-0.39, 0.29) is 17.8 Å². The highest BCUT2D eigenvalue weighted by atomic mass is 19.1. The van der Waals surface area contributed by atoms with Crippen LogP contribution in [0.3, 0.4) is 0 Å². The highest BCUT2D eigenvalue weighted by Crippen LogP contribution is 2.31. The number of benzene rings is 2. The third-order valence-electron chi connectivity index (χ3n) is 3.49. The highest BCUT2D eigenvalue weighted by molar-refractivity contribution is 5.94. The number of rotatable bonds is 5. The maximum Gasteiger partial charge on any atom is 0.319 e. The predicted molar refractivity (Wildman–Crippen MR) is 88.9 cm³/mol. The Morgan fingerprint density at radius 3 is 2.68 bits per heavy atom. The van der Waals surface area contributed by atoms with Gasteiger partial charge in [-0.2, -0.15) is 5.10 Å². The van der Waals surface area contributed by atoms with Crippen molar-refractivity contribution in [3.63, 3.8) is 0 Å². The second-order valence-corrected chi connectivity index (χ2v) is 5.24. The van der Waals surface area contributed by atoms with Gasteiger partial charge in [0, 0.05) is 24.6 Å². The molecule has 128 valence electrons. The van der Waals surface area contributed by atoms with Crippen LogP contribution in [0.4, 0.5) is 19.3 Å². The number of aromatic amines is 1. The molecule has 0 spiro atoms. The Morgan fingerprint density at radius 1 is 1.16 bits per heavy atom. The first-order chi connectivity index (χ1) is 12.1. The van der Waals surface area contributed by atoms with Crippen molar-refractivity contribution >= 4 is 11.7 Å². The summed E-state index contributed by atoms with van der Waals surface area (Å²) in [5.74, 6) is -0.935. The third kappa shape index (κ3) is 4.17. The molecule has 6 nitrogen and oxygen atoms in total. The Hall–Kier alpha value is -3.29. The van der Waals surface area contributed by atoms with Crippen molar-refractivity contribution in [2.24, 2.45) is 0 Å². The van der Waals surface area contributed by atoms with Crippen LogP contribution in [0, 0.1) is 11.6 Å². The van der Waals surface area contributed by atoms with Gasteiger partial charge in [0.05, 0.1) is 5.69 Å². The maximum atomic E-state index is 14.2. The van der Waals surface area contributed by atoms with E-state index < -0.39 is 17.7 Å². The third-order valence-corrected chi connectivity index (χ3v) is 3.49. The molecule has 0 aliphatic carbocycles. The van der Waals surface area contributed by atoms with Crippen molar-refractivity contribution in [3.05, 3.63) is 66.3 Å². The van der Waals surface area contributed by atoms with E-state index in [0.717, 1.165) is 6.07 Å². The molecule has 2 amide bonds. The van der Waals surface area contributed by atoms with Gasteiger partial charge in [-0.3, -0.25) is 5.10 Å². The van der Waals surface area contributed by atoms with Crippen LogP contribution in [0.1, 0.15) is 5.82 Å². The van der Waals surface area contributed by atoms with Crippen molar-refractivity contribution in [3.8, 4) is 11.1 Å². The van der Waals surface area contributed by atoms with E-state index in [9.17, 15) is 13.6 Å². The maximum absolute atomic E-state index is 14.2. The number of carbonyl (C=O) groups excluding carboxylic acids is 1. The number of nitrogens with one attached hydrogen (secondary N) is 3. The summed E-state index contributed by atoms with van der Waals surface area (Å²) >= 11 is 0. The van der Waals surface area contributed by atoms with Crippen molar-refractivity contribution in [2.75, 3.05) is 11.9 Å². The van der Waals surface area contributed by atoms with Gasteiger partial charge in [-0.15, -0.1) is 0 Å². The zero-order valence-electron chi connectivity index (χ0n) is 13.1. The van der Waals surface area contributed by atoms with E-state index in [2.05, 4.69) is 25.8 Å². The fourth-order valence-electron chi connectivity index (χ4n) is 2.35. The molecule has 0 fully saturated rings. The highest BCUT2D eigenvalue weighted by Gasteiger charge is 2.15. The van der Waals surface area contributed by atoms with Gasteiger partial charge in [0.15, 0.2) is 0 Å². The van der Waals surface area contributed by atoms with Crippen LogP contribution < -0.4 is 10.6 Å².